The molecule has 0 spiro atoms. The molecule has 0 aliphatic carbocycles. The Hall–Kier alpha value is -1.27. The van der Waals surface area contributed by atoms with E-state index in [1.54, 1.807) is 0 Å². The van der Waals surface area contributed by atoms with Crippen LogP contribution in [0.25, 0.3) is 0 Å². The summed E-state index contributed by atoms with van der Waals surface area (Å²) < 4.78 is 44.3. The first-order valence-corrected chi connectivity index (χ1v) is 7.48. The summed E-state index contributed by atoms with van der Waals surface area (Å²) in [5.74, 6) is 0.265. The molecule has 0 amide bonds. The number of aliphatic hydroxyl groups excluding tert-OH is 1. The Morgan fingerprint density at radius 3 is 2.41 bits per heavy atom. The van der Waals surface area contributed by atoms with E-state index < -0.39 is 11.7 Å². The first-order chi connectivity index (χ1) is 10.4. The van der Waals surface area contributed by atoms with Crippen LogP contribution < -0.4 is 4.74 Å². The summed E-state index contributed by atoms with van der Waals surface area (Å²) in [6.45, 7) is 3.42. The number of alkyl halides is 3. The molecule has 2 atom stereocenters. The molecule has 6 heteroatoms. The maximum atomic E-state index is 13.0. The van der Waals surface area contributed by atoms with Crippen molar-refractivity contribution in [3.8, 4) is 5.75 Å². The molecule has 1 heterocycles. The third kappa shape index (κ3) is 3.55. The van der Waals surface area contributed by atoms with E-state index in [4.69, 9.17) is 4.74 Å². The number of aliphatic hydroxyl groups is 1. The van der Waals surface area contributed by atoms with Crippen molar-refractivity contribution >= 4 is 0 Å². The van der Waals surface area contributed by atoms with Crippen LogP contribution in [0.4, 0.5) is 13.2 Å². The molecule has 1 N–H and O–H groups in total. The molecule has 1 aliphatic heterocycles. The van der Waals surface area contributed by atoms with Crippen LogP contribution in [-0.4, -0.2) is 36.8 Å². The average molecular weight is 317 g/mol. The smallest absolute Gasteiger partial charge is 0.416 e. The summed E-state index contributed by atoms with van der Waals surface area (Å²) in [4.78, 5) is 2.14. The number of ether oxygens (including phenoxy) is 1. The van der Waals surface area contributed by atoms with Gasteiger partial charge in [0.25, 0.3) is 0 Å². The van der Waals surface area contributed by atoms with E-state index in [1.807, 2.05) is 6.92 Å². The molecule has 1 aliphatic rings. The number of hydrogen-bond acceptors (Lipinski definition) is 3. The van der Waals surface area contributed by atoms with Crippen LogP contribution in [0.5, 0.6) is 5.75 Å². The Kier molecular flexibility index (Phi) is 5.34. The maximum absolute atomic E-state index is 13.0. The first kappa shape index (κ1) is 17.1. The Balaban J connectivity index is 2.48. The zero-order chi connectivity index (χ0) is 16.3. The Bertz CT molecular complexity index is 499. The quantitative estimate of drug-likeness (QED) is 0.902. The molecule has 0 bridgehead atoms. The maximum Gasteiger partial charge on any atom is 0.416 e. The molecule has 3 nitrogen and oxygen atoms in total. The van der Waals surface area contributed by atoms with Crippen LogP contribution in [0, 0.1) is 5.92 Å². The van der Waals surface area contributed by atoms with Gasteiger partial charge < -0.3 is 9.84 Å². The molecule has 2 unspecified atom stereocenters. The minimum absolute atomic E-state index is 0.0828. The van der Waals surface area contributed by atoms with Gasteiger partial charge in [-0.15, -0.1) is 0 Å². The van der Waals surface area contributed by atoms with Crippen molar-refractivity contribution in [3.05, 3.63) is 29.3 Å². The molecule has 22 heavy (non-hydrogen) atoms. The fraction of sp³-hybridized carbons (Fsp3) is 0.625. The van der Waals surface area contributed by atoms with Crippen LogP contribution in [0.3, 0.4) is 0 Å². The first-order valence-electron chi connectivity index (χ1n) is 7.48. The number of nitrogens with zero attached hydrogens (tertiary/aromatic N) is 1. The normalized spacial score (nSPS) is 19.2. The molecule has 1 aromatic carbocycles. The Morgan fingerprint density at radius 2 is 1.91 bits per heavy atom. The predicted octanol–water partition coefficient (Wildman–Crippen LogP) is 3.48. The van der Waals surface area contributed by atoms with Crippen molar-refractivity contribution in [1.29, 1.82) is 0 Å². The van der Waals surface area contributed by atoms with Crippen LogP contribution in [-0.2, 0) is 6.18 Å². The third-order valence-corrected chi connectivity index (χ3v) is 4.24. The molecule has 1 saturated heterocycles. The highest BCUT2D eigenvalue weighted by Crippen LogP contribution is 2.40. The van der Waals surface area contributed by atoms with E-state index in [9.17, 15) is 18.3 Å². The number of halogens is 3. The number of hydrogen-bond donors (Lipinski definition) is 1. The summed E-state index contributed by atoms with van der Waals surface area (Å²) in [6.07, 6.45) is -2.34. The second-order valence-corrected chi connectivity index (χ2v) is 5.80. The summed E-state index contributed by atoms with van der Waals surface area (Å²) >= 11 is 0. The largest absolute Gasteiger partial charge is 0.496 e. The van der Waals surface area contributed by atoms with Gasteiger partial charge in [-0.2, -0.15) is 13.2 Å². The van der Waals surface area contributed by atoms with E-state index in [1.165, 1.54) is 13.2 Å². The third-order valence-electron chi connectivity index (χ3n) is 4.24. The van der Waals surface area contributed by atoms with Crippen molar-refractivity contribution in [2.75, 3.05) is 26.8 Å². The fourth-order valence-corrected chi connectivity index (χ4v) is 3.12. The van der Waals surface area contributed by atoms with Gasteiger partial charge in [0.2, 0.25) is 0 Å². The second kappa shape index (κ2) is 6.87. The lowest BCUT2D eigenvalue weighted by molar-refractivity contribution is -0.137. The predicted molar refractivity (Wildman–Crippen MR) is 77.8 cm³/mol. The molecular formula is C16H22F3NO2. The van der Waals surface area contributed by atoms with Gasteiger partial charge in [0.05, 0.1) is 12.7 Å². The second-order valence-electron chi connectivity index (χ2n) is 5.80. The van der Waals surface area contributed by atoms with Gasteiger partial charge in [0.1, 0.15) is 5.75 Å². The number of benzene rings is 1. The lowest BCUT2D eigenvalue weighted by Crippen LogP contribution is -2.32. The van der Waals surface area contributed by atoms with Gasteiger partial charge in [-0.25, -0.2) is 0 Å². The topological polar surface area (TPSA) is 32.7 Å². The van der Waals surface area contributed by atoms with Gasteiger partial charge in [0.15, 0.2) is 0 Å². The number of methoxy groups -OCH3 is 1. The molecule has 0 aromatic heterocycles. The highest BCUT2D eigenvalue weighted by Gasteiger charge is 2.35. The molecule has 0 radical (unpaired) electrons. The monoisotopic (exact) mass is 317 g/mol. The molecular weight excluding hydrogens is 295 g/mol. The van der Waals surface area contributed by atoms with E-state index in [0.717, 1.165) is 38.1 Å². The SMILES string of the molecule is COc1ccc(C(F)(F)F)cc1C(C(C)CO)N1CCCC1. The van der Waals surface area contributed by atoms with Gasteiger partial charge in [-0.3, -0.25) is 4.90 Å². The summed E-state index contributed by atoms with van der Waals surface area (Å²) in [6, 6.07) is 3.29. The van der Waals surface area contributed by atoms with E-state index in [0.29, 0.717) is 11.3 Å². The van der Waals surface area contributed by atoms with Crippen molar-refractivity contribution < 1.29 is 23.0 Å². The zero-order valence-corrected chi connectivity index (χ0v) is 12.9. The van der Waals surface area contributed by atoms with Crippen LogP contribution >= 0.6 is 0 Å². The van der Waals surface area contributed by atoms with E-state index in [-0.39, 0.29) is 18.6 Å². The highest BCUT2D eigenvalue weighted by molar-refractivity contribution is 5.41. The standard InChI is InChI=1S/C16H22F3NO2/c1-11(10-21)15(20-7-3-4-8-20)13-9-12(16(17,18)19)5-6-14(13)22-2/h5-6,9,11,15,21H,3-4,7-8,10H2,1-2H3. The summed E-state index contributed by atoms with van der Waals surface area (Å²) in [5, 5.41) is 9.53. The molecule has 124 valence electrons. The van der Waals surface area contributed by atoms with Crippen LogP contribution in [0.1, 0.15) is 36.9 Å². The lowest BCUT2D eigenvalue weighted by atomic mass is 9.91. The molecule has 1 aromatic rings. The average Bonchev–Trinajstić information content (AvgIpc) is 3.00. The number of rotatable bonds is 5. The minimum atomic E-state index is -4.39. The van der Waals surface area contributed by atoms with Crippen LogP contribution in [0.15, 0.2) is 18.2 Å². The highest BCUT2D eigenvalue weighted by atomic mass is 19.4. The van der Waals surface area contributed by atoms with Gasteiger partial charge in [0, 0.05) is 18.2 Å². The van der Waals surface area contributed by atoms with Gasteiger partial charge in [-0.05, 0) is 50.0 Å². The fourth-order valence-electron chi connectivity index (χ4n) is 3.12. The number of likely N-dealkylation sites (tertiary alicyclic amines) is 1. The van der Waals surface area contributed by atoms with Crippen molar-refractivity contribution in [3.63, 3.8) is 0 Å². The Labute approximate surface area is 128 Å². The van der Waals surface area contributed by atoms with E-state index >= 15 is 0 Å². The summed E-state index contributed by atoms with van der Waals surface area (Å²) in [5.41, 5.74) is -0.182. The molecule has 2 rings (SSSR count). The minimum Gasteiger partial charge on any atom is -0.496 e. The molecule has 0 saturated carbocycles. The lowest BCUT2D eigenvalue weighted by Gasteiger charge is -2.33. The van der Waals surface area contributed by atoms with E-state index in [2.05, 4.69) is 4.90 Å². The zero-order valence-electron chi connectivity index (χ0n) is 12.9. The van der Waals surface area contributed by atoms with Crippen molar-refractivity contribution in [2.24, 2.45) is 5.92 Å². The Morgan fingerprint density at radius 1 is 1.27 bits per heavy atom. The van der Waals surface area contributed by atoms with Crippen molar-refractivity contribution in [2.45, 2.75) is 32.0 Å². The van der Waals surface area contributed by atoms with Gasteiger partial charge >= 0.3 is 6.18 Å². The molecule has 1 fully saturated rings. The summed E-state index contributed by atoms with van der Waals surface area (Å²) in [7, 11) is 1.46. The van der Waals surface area contributed by atoms with Gasteiger partial charge in [-0.1, -0.05) is 6.92 Å². The van der Waals surface area contributed by atoms with Crippen molar-refractivity contribution in [1.82, 2.24) is 4.90 Å². The van der Waals surface area contributed by atoms with Crippen LogP contribution in [0.2, 0.25) is 0 Å².